The first-order valence-electron chi connectivity index (χ1n) is 5.37. The number of thioether (sulfide) groups is 1. The van der Waals surface area contributed by atoms with E-state index in [1.165, 1.54) is 17.6 Å². The molecule has 0 radical (unpaired) electrons. The maximum absolute atomic E-state index is 10.8. The summed E-state index contributed by atoms with van der Waals surface area (Å²) in [7, 11) is 0. The lowest BCUT2D eigenvalue weighted by Crippen LogP contribution is -2.23. The molecule has 2 atom stereocenters. The van der Waals surface area contributed by atoms with Gasteiger partial charge in [-0.1, -0.05) is 11.8 Å². The predicted molar refractivity (Wildman–Crippen MR) is 67.1 cm³/mol. The summed E-state index contributed by atoms with van der Waals surface area (Å²) in [6.45, 7) is 1.42. The molecule has 0 amide bonds. The van der Waals surface area contributed by atoms with Crippen LogP contribution in [0.15, 0.2) is 24.5 Å². The van der Waals surface area contributed by atoms with Crippen molar-refractivity contribution in [3.63, 3.8) is 0 Å². The van der Waals surface area contributed by atoms with Crippen molar-refractivity contribution in [1.29, 1.82) is 0 Å². The van der Waals surface area contributed by atoms with E-state index in [0.29, 0.717) is 11.3 Å². The van der Waals surface area contributed by atoms with E-state index in [1.54, 1.807) is 18.3 Å². The number of fused-ring (bicyclic) bond motifs is 1. The van der Waals surface area contributed by atoms with Gasteiger partial charge in [0.15, 0.2) is 10.8 Å². The molecule has 0 aliphatic heterocycles. The Kier molecular flexibility index (Phi) is 3.95. The van der Waals surface area contributed by atoms with Crippen molar-refractivity contribution in [3.8, 4) is 0 Å². The third-order valence-corrected chi connectivity index (χ3v) is 3.34. The average molecular weight is 267 g/mol. The van der Waals surface area contributed by atoms with Crippen LogP contribution in [-0.2, 0) is 4.79 Å². The van der Waals surface area contributed by atoms with Crippen LogP contribution in [0.5, 0.6) is 0 Å². The quantitative estimate of drug-likeness (QED) is 0.834. The Hall–Kier alpha value is -1.44. The Bertz CT molecular complexity index is 557. The van der Waals surface area contributed by atoms with Crippen LogP contribution in [0.2, 0.25) is 0 Å². The van der Waals surface area contributed by atoms with Gasteiger partial charge in [-0.3, -0.25) is 4.79 Å². The monoisotopic (exact) mass is 267 g/mol. The van der Waals surface area contributed by atoms with Crippen molar-refractivity contribution in [2.75, 3.05) is 5.75 Å². The highest BCUT2D eigenvalue weighted by Gasteiger charge is 2.22. The molecule has 0 saturated carbocycles. The zero-order chi connectivity index (χ0) is 13.1. The third kappa shape index (κ3) is 2.69. The van der Waals surface area contributed by atoms with Crippen LogP contribution in [-0.4, -0.2) is 41.8 Å². The molecule has 2 aromatic heterocycles. The lowest BCUT2D eigenvalue weighted by Gasteiger charge is -2.15. The molecule has 18 heavy (non-hydrogen) atoms. The molecule has 0 aliphatic carbocycles. The van der Waals surface area contributed by atoms with Crippen molar-refractivity contribution in [1.82, 2.24) is 14.6 Å². The molecule has 0 bridgehead atoms. The van der Waals surface area contributed by atoms with Gasteiger partial charge in [-0.25, -0.2) is 9.50 Å². The summed E-state index contributed by atoms with van der Waals surface area (Å²) >= 11 is 0.971. The maximum Gasteiger partial charge on any atom is 0.185 e. The van der Waals surface area contributed by atoms with Crippen molar-refractivity contribution >= 4 is 22.5 Å². The maximum atomic E-state index is 10.8. The molecule has 0 aromatic carbocycles. The van der Waals surface area contributed by atoms with Gasteiger partial charge in [0.25, 0.3) is 0 Å². The van der Waals surface area contributed by atoms with E-state index < -0.39 is 12.2 Å². The number of carbonyl (C=O) groups is 1. The predicted octanol–water partition coefficient (Wildman–Crippen LogP) is 0.403. The number of hydrogen-bond donors (Lipinski definition) is 2. The highest BCUT2D eigenvalue weighted by atomic mass is 32.2. The molecule has 0 spiro atoms. The van der Waals surface area contributed by atoms with Crippen molar-refractivity contribution in [2.45, 2.75) is 19.1 Å². The standard InChI is InChI=1S/C11H13N3O3S/c1-7(15)18-6-9(16)11(17)8-5-12-10-3-2-4-13-14(8)10/h2-5,9,11,16-17H,6H2,1H3. The van der Waals surface area contributed by atoms with Crippen molar-refractivity contribution in [3.05, 3.63) is 30.2 Å². The minimum Gasteiger partial charge on any atom is -0.389 e. The molecule has 2 N–H and O–H groups in total. The molecule has 2 aromatic rings. The van der Waals surface area contributed by atoms with Crippen LogP contribution in [0.1, 0.15) is 18.7 Å². The van der Waals surface area contributed by atoms with Crippen LogP contribution in [0.3, 0.4) is 0 Å². The summed E-state index contributed by atoms with van der Waals surface area (Å²) in [5.74, 6) is 0.135. The van der Waals surface area contributed by atoms with E-state index in [0.717, 1.165) is 11.8 Å². The zero-order valence-electron chi connectivity index (χ0n) is 9.72. The van der Waals surface area contributed by atoms with E-state index in [1.807, 2.05) is 0 Å². The van der Waals surface area contributed by atoms with Gasteiger partial charge >= 0.3 is 0 Å². The molecule has 6 nitrogen and oxygen atoms in total. The number of imidazole rings is 1. The first kappa shape index (κ1) is 13.0. The molecule has 7 heteroatoms. The summed E-state index contributed by atoms with van der Waals surface area (Å²) in [6, 6.07) is 3.49. The third-order valence-electron chi connectivity index (χ3n) is 2.43. The van der Waals surface area contributed by atoms with Crippen LogP contribution in [0, 0.1) is 0 Å². The highest BCUT2D eigenvalue weighted by Crippen LogP contribution is 2.20. The van der Waals surface area contributed by atoms with Crippen LogP contribution in [0.4, 0.5) is 0 Å². The summed E-state index contributed by atoms with van der Waals surface area (Å²) < 4.78 is 1.46. The number of aliphatic hydroxyl groups is 2. The fourth-order valence-corrected chi connectivity index (χ4v) is 2.13. The van der Waals surface area contributed by atoms with E-state index in [2.05, 4.69) is 10.1 Å². The van der Waals surface area contributed by atoms with Gasteiger partial charge < -0.3 is 10.2 Å². The molecular weight excluding hydrogens is 254 g/mol. The second-order valence-corrected chi connectivity index (χ2v) is 4.99. The molecular formula is C11H13N3O3S. The van der Waals surface area contributed by atoms with Crippen molar-refractivity contribution < 1.29 is 15.0 Å². The Morgan fingerprint density at radius 3 is 3.06 bits per heavy atom. The van der Waals surface area contributed by atoms with Gasteiger partial charge in [-0.15, -0.1) is 0 Å². The molecule has 2 rings (SSSR count). The molecule has 2 heterocycles. The normalized spacial score (nSPS) is 14.6. The van der Waals surface area contributed by atoms with Crippen LogP contribution in [0.25, 0.3) is 5.65 Å². The first-order valence-corrected chi connectivity index (χ1v) is 6.36. The minimum absolute atomic E-state index is 0.0995. The van der Waals surface area contributed by atoms with E-state index in [4.69, 9.17) is 0 Å². The highest BCUT2D eigenvalue weighted by molar-refractivity contribution is 8.13. The summed E-state index contributed by atoms with van der Waals surface area (Å²) in [4.78, 5) is 14.9. The van der Waals surface area contributed by atoms with Crippen LogP contribution >= 0.6 is 11.8 Å². The number of carbonyl (C=O) groups excluding carboxylic acids is 1. The summed E-state index contributed by atoms with van der Waals surface area (Å²) in [5.41, 5.74) is 1.00. The Morgan fingerprint density at radius 2 is 2.33 bits per heavy atom. The molecule has 0 saturated heterocycles. The molecule has 2 unspecified atom stereocenters. The lowest BCUT2D eigenvalue weighted by atomic mass is 10.2. The van der Waals surface area contributed by atoms with Crippen LogP contribution < -0.4 is 0 Å². The number of aliphatic hydroxyl groups excluding tert-OH is 2. The summed E-state index contributed by atoms with van der Waals surface area (Å²) in [6.07, 6.45) is 0.874. The second kappa shape index (κ2) is 5.47. The average Bonchev–Trinajstić information content (AvgIpc) is 2.78. The van der Waals surface area contributed by atoms with E-state index in [9.17, 15) is 15.0 Å². The van der Waals surface area contributed by atoms with E-state index in [-0.39, 0.29) is 10.9 Å². The number of aromatic nitrogens is 3. The van der Waals surface area contributed by atoms with Gasteiger partial charge in [-0.05, 0) is 12.1 Å². The Morgan fingerprint density at radius 1 is 1.56 bits per heavy atom. The number of nitrogens with zero attached hydrogens (tertiary/aromatic N) is 3. The first-order chi connectivity index (χ1) is 8.59. The fourth-order valence-electron chi connectivity index (χ4n) is 1.54. The number of hydrogen-bond acceptors (Lipinski definition) is 6. The lowest BCUT2D eigenvalue weighted by molar-refractivity contribution is -0.109. The fraction of sp³-hybridized carbons (Fsp3) is 0.364. The molecule has 0 fully saturated rings. The molecule has 0 aliphatic rings. The topological polar surface area (TPSA) is 87.7 Å². The largest absolute Gasteiger partial charge is 0.389 e. The Labute approximate surface area is 108 Å². The molecule has 96 valence electrons. The minimum atomic E-state index is -1.12. The SMILES string of the molecule is CC(=O)SCC(O)C(O)c1cnc2cccnn12. The van der Waals surface area contributed by atoms with Gasteiger partial charge in [0.1, 0.15) is 6.10 Å². The van der Waals surface area contributed by atoms with Gasteiger partial charge in [0.05, 0.1) is 18.0 Å². The Balaban J connectivity index is 2.17. The number of rotatable bonds is 4. The van der Waals surface area contributed by atoms with Gasteiger partial charge in [-0.2, -0.15) is 5.10 Å². The van der Waals surface area contributed by atoms with Crippen molar-refractivity contribution in [2.24, 2.45) is 0 Å². The van der Waals surface area contributed by atoms with Gasteiger partial charge in [0, 0.05) is 18.9 Å². The second-order valence-electron chi connectivity index (χ2n) is 3.79. The van der Waals surface area contributed by atoms with Gasteiger partial charge in [0.2, 0.25) is 0 Å². The zero-order valence-corrected chi connectivity index (χ0v) is 10.5. The van der Waals surface area contributed by atoms with E-state index >= 15 is 0 Å². The summed E-state index contributed by atoms with van der Waals surface area (Å²) in [5, 5.41) is 23.8. The smallest absolute Gasteiger partial charge is 0.185 e.